The molecule has 0 unspecified atom stereocenters. The van der Waals surface area contributed by atoms with Gasteiger partial charge in [-0.2, -0.15) is 13.2 Å². The van der Waals surface area contributed by atoms with Crippen LogP contribution in [0.2, 0.25) is 0 Å². The predicted octanol–water partition coefficient (Wildman–Crippen LogP) is 2.20. The summed E-state index contributed by atoms with van der Waals surface area (Å²) >= 11 is 0. The van der Waals surface area contributed by atoms with Crippen LogP contribution in [0.15, 0.2) is 6.20 Å². The summed E-state index contributed by atoms with van der Waals surface area (Å²) in [6.45, 7) is 3.56. The van der Waals surface area contributed by atoms with Crippen molar-refractivity contribution >= 4 is 5.82 Å². The Balaban J connectivity index is 3.15. The van der Waals surface area contributed by atoms with E-state index in [9.17, 15) is 13.2 Å². The van der Waals surface area contributed by atoms with Gasteiger partial charge in [0.05, 0.1) is 0 Å². The van der Waals surface area contributed by atoms with E-state index in [1.165, 1.54) is 0 Å². The van der Waals surface area contributed by atoms with Crippen molar-refractivity contribution in [2.75, 3.05) is 5.73 Å². The van der Waals surface area contributed by atoms with Crippen molar-refractivity contribution in [3.63, 3.8) is 0 Å². The zero-order chi connectivity index (χ0) is 10.9. The number of nitrogen functional groups attached to an aromatic ring is 1. The van der Waals surface area contributed by atoms with E-state index in [-0.39, 0.29) is 5.92 Å². The lowest BCUT2D eigenvalue weighted by Crippen LogP contribution is -2.13. The topological polar surface area (TPSA) is 51.8 Å². The quantitative estimate of drug-likeness (QED) is 0.764. The smallest absolute Gasteiger partial charge is 0.383 e. The van der Waals surface area contributed by atoms with Crippen LogP contribution in [0.1, 0.15) is 31.2 Å². The minimum absolute atomic E-state index is 0.0421. The third kappa shape index (κ3) is 2.12. The van der Waals surface area contributed by atoms with Crippen molar-refractivity contribution in [3.8, 4) is 0 Å². The second-order valence-electron chi connectivity index (χ2n) is 3.18. The predicted molar refractivity (Wildman–Crippen MR) is 45.5 cm³/mol. The summed E-state index contributed by atoms with van der Waals surface area (Å²) in [6, 6.07) is 0. The molecule has 0 amide bonds. The maximum Gasteiger partial charge on any atom is 0.421 e. The van der Waals surface area contributed by atoms with Crippen LogP contribution in [-0.2, 0) is 6.18 Å². The van der Waals surface area contributed by atoms with Crippen molar-refractivity contribution in [1.29, 1.82) is 0 Å². The van der Waals surface area contributed by atoms with E-state index in [2.05, 4.69) is 9.97 Å². The first kappa shape index (κ1) is 10.7. The number of alkyl halides is 3. The third-order valence-corrected chi connectivity index (χ3v) is 1.66. The molecular weight excluding hydrogens is 195 g/mol. The van der Waals surface area contributed by atoms with Gasteiger partial charge in [-0.1, -0.05) is 13.8 Å². The zero-order valence-electron chi connectivity index (χ0n) is 7.76. The molecule has 3 nitrogen and oxygen atoms in total. The Morgan fingerprint density at radius 2 is 1.93 bits per heavy atom. The molecule has 2 N–H and O–H groups in total. The third-order valence-electron chi connectivity index (χ3n) is 1.66. The molecule has 0 radical (unpaired) electrons. The number of rotatable bonds is 1. The van der Waals surface area contributed by atoms with Gasteiger partial charge in [0.15, 0.2) is 0 Å². The van der Waals surface area contributed by atoms with E-state index >= 15 is 0 Å². The number of nitrogens with zero attached hydrogens (tertiary/aromatic N) is 2. The number of anilines is 1. The SMILES string of the molecule is CC(C)c1ncc(C(F)(F)F)c(N)n1. The lowest BCUT2D eigenvalue weighted by atomic mass is 10.2. The largest absolute Gasteiger partial charge is 0.421 e. The van der Waals surface area contributed by atoms with Crippen molar-refractivity contribution < 1.29 is 13.2 Å². The van der Waals surface area contributed by atoms with Crippen LogP contribution >= 0.6 is 0 Å². The van der Waals surface area contributed by atoms with Gasteiger partial charge in [0.2, 0.25) is 0 Å². The molecule has 0 aromatic carbocycles. The van der Waals surface area contributed by atoms with Crippen molar-refractivity contribution in [2.24, 2.45) is 0 Å². The molecule has 6 heteroatoms. The monoisotopic (exact) mass is 205 g/mol. The standard InChI is InChI=1S/C8H10F3N3/c1-4(2)7-13-3-5(6(12)14-7)8(9,10)11/h3-4H,1-2H3,(H2,12,13,14). The average Bonchev–Trinajstić information content (AvgIpc) is 2.01. The highest BCUT2D eigenvalue weighted by Crippen LogP contribution is 2.32. The molecule has 1 heterocycles. The van der Waals surface area contributed by atoms with Gasteiger partial charge in [-0.3, -0.25) is 0 Å². The molecule has 0 aliphatic rings. The number of nitrogens with two attached hydrogens (primary N) is 1. The number of aromatic nitrogens is 2. The molecule has 14 heavy (non-hydrogen) atoms. The van der Waals surface area contributed by atoms with Crippen LogP contribution < -0.4 is 5.73 Å². The number of hydrogen-bond donors (Lipinski definition) is 1. The summed E-state index contributed by atoms with van der Waals surface area (Å²) in [5.74, 6) is -0.244. The van der Waals surface area contributed by atoms with Gasteiger partial charge < -0.3 is 5.73 Å². The minimum atomic E-state index is -4.49. The van der Waals surface area contributed by atoms with Gasteiger partial charge in [0.1, 0.15) is 17.2 Å². The Morgan fingerprint density at radius 3 is 2.29 bits per heavy atom. The molecule has 0 aliphatic heterocycles. The van der Waals surface area contributed by atoms with Crippen molar-refractivity contribution in [1.82, 2.24) is 9.97 Å². The molecule has 0 aliphatic carbocycles. The molecular formula is C8H10F3N3. The van der Waals surface area contributed by atoms with E-state index in [1.54, 1.807) is 13.8 Å². The highest BCUT2D eigenvalue weighted by molar-refractivity contribution is 5.39. The Morgan fingerprint density at radius 1 is 1.36 bits per heavy atom. The second-order valence-corrected chi connectivity index (χ2v) is 3.18. The Hall–Kier alpha value is -1.33. The van der Waals surface area contributed by atoms with E-state index in [1.807, 2.05) is 0 Å². The van der Waals surface area contributed by atoms with Gasteiger partial charge in [-0.15, -0.1) is 0 Å². The maximum atomic E-state index is 12.2. The highest BCUT2D eigenvalue weighted by atomic mass is 19.4. The van der Waals surface area contributed by atoms with Gasteiger partial charge in [-0.05, 0) is 0 Å². The zero-order valence-corrected chi connectivity index (χ0v) is 7.76. The van der Waals surface area contributed by atoms with E-state index < -0.39 is 17.6 Å². The second kappa shape index (κ2) is 3.43. The molecule has 0 fully saturated rings. The first-order valence-electron chi connectivity index (χ1n) is 4.02. The van der Waals surface area contributed by atoms with Crippen molar-refractivity contribution in [2.45, 2.75) is 25.9 Å². The van der Waals surface area contributed by atoms with Gasteiger partial charge in [-0.25, -0.2) is 9.97 Å². The molecule has 0 bridgehead atoms. The molecule has 78 valence electrons. The lowest BCUT2D eigenvalue weighted by molar-refractivity contribution is -0.137. The Kier molecular flexibility index (Phi) is 2.64. The summed E-state index contributed by atoms with van der Waals surface area (Å²) in [5, 5.41) is 0. The van der Waals surface area contributed by atoms with E-state index in [0.717, 1.165) is 6.20 Å². The van der Waals surface area contributed by atoms with Crippen LogP contribution in [0.25, 0.3) is 0 Å². The minimum Gasteiger partial charge on any atom is -0.383 e. The first-order valence-corrected chi connectivity index (χ1v) is 4.02. The molecule has 0 spiro atoms. The van der Waals surface area contributed by atoms with Gasteiger partial charge in [0, 0.05) is 12.1 Å². The summed E-state index contributed by atoms with van der Waals surface area (Å²) in [7, 11) is 0. The normalized spacial score (nSPS) is 12.1. The fraction of sp³-hybridized carbons (Fsp3) is 0.500. The van der Waals surface area contributed by atoms with Crippen LogP contribution in [-0.4, -0.2) is 9.97 Å². The molecule has 0 atom stereocenters. The summed E-state index contributed by atoms with van der Waals surface area (Å²) in [6.07, 6.45) is -3.77. The van der Waals surface area contributed by atoms with Crippen LogP contribution in [0.4, 0.5) is 19.0 Å². The molecule has 0 saturated carbocycles. The summed E-state index contributed by atoms with van der Waals surface area (Å²) in [4.78, 5) is 7.18. The fourth-order valence-electron chi connectivity index (χ4n) is 0.906. The summed E-state index contributed by atoms with van der Waals surface area (Å²) in [5.41, 5.74) is 4.19. The number of halogens is 3. The molecule has 1 aromatic rings. The van der Waals surface area contributed by atoms with E-state index in [0.29, 0.717) is 5.82 Å². The Labute approximate surface area is 79.2 Å². The van der Waals surface area contributed by atoms with E-state index in [4.69, 9.17) is 5.73 Å². The van der Waals surface area contributed by atoms with Crippen LogP contribution in [0.5, 0.6) is 0 Å². The fourth-order valence-corrected chi connectivity index (χ4v) is 0.906. The van der Waals surface area contributed by atoms with Gasteiger partial charge >= 0.3 is 6.18 Å². The van der Waals surface area contributed by atoms with Crippen molar-refractivity contribution in [3.05, 3.63) is 17.6 Å². The van der Waals surface area contributed by atoms with Crippen LogP contribution in [0, 0.1) is 0 Å². The summed E-state index contributed by atoms with van der Waals surface area (Å²) < 4.78 is 36.7. The molecule has 0 saturated heterocycles. The maximum absolute atomic E-state index is 12.2. The lowest BCUT2D eigenvalue weighted by Gasteiger charge is -2.10. The average molecular weight is 205 g/mol. The van der Waals surface area contributed by atoms with Crippen LogP contribution in [0.3, 0.4) is 0 Å². The molecule has 1 rings (SSSR count). The van der Waals surface area contributed by atoms with Gasteiger partial charge in [0.25, 0.3) is 0 Å². The number of hydrogen-bond acceptors (Lipinski definition) is 3. The first-order chi connectivity index (χ1) is 6.32. The highest BCUT2D eigenvalue weighted by Gasteiger charge is 2.34. The molecule has 1 aromatic heterocycles. The Bertz CT molecular complexity index is 333.